The Morgan fingerprint density at radius 1 is 1.03 bits per heavy atom. The Bertz CT molecular complexity index is 1180. The second-order valence-corrected chi connectivity index (χ2v) is 6.68. The van der Waals surface area contributed by atoms with Crippen LogP contribution in [-0.4, -0.2) is 22.0 Å². The lowest BCUT2D eigenvalue weighted by Crippen LogP contribution is -1.98. The van der Waals surface area contributed by atoms with Gasteiger partial charge in [0.15, 0.2) is 11.5 Å². The van der Waals surface area contributed by atoms with Crippen LogP contribution in [0.4, 0.5) is 5.69 Å². The molecule has 0 unspecified atom stereocenters. The van der Waals surface area contributed by atoms with Crippen molar-refractivity contribution >= 4 is 16.7 Å². The van der Waals surface area contributed by atoms with E-state index in [0.717, 1.165) is 11.1 Å². The van der Waals surface area contributed by atoms with Crippen LogP contribution in [0.3, 0.4) is 0 Å². The highest BCUT2D eigenvalue weighted by Gasteiger charge is 2.13. The maximum Gasteiger partial charge on any atom is 0.271 e. The van der Waals surface area contributed by atoms with E-state index >= 15 is 0 Å². The summed E-state index contributed by atoms with van der Waals surface area (Å²) in [6.07, 6.45) is 0. The van der Waals surface area contributed by atoms with Crippen LogP contribution in [0.25, 0.3) is 22.4 Å². The average Bonchev–Trinajstić information content (AvgIpc) is 3.16. The van der Waals surface area contributed by atoms with Crippen molar-refractivity contribution in [3.05, 3.63) is 81.9 Å². The molecule has 1 aromatic heterocycles. The van der Waals surface area contributed by atoms with E-state index in [9.17, 15) is 10.1 Å². The summed E-state index contributed by atoms with van der Waals surface area (Å²) in [5.41, 5.74) is 4.32. The van der Waals surface area contributed by atoms with Crippen LogP contribution >= 0.6 is 0 Å². The minimum atomic E-state index is -0.426. The number of aromatic amines is 1. The number of methoxy groups -OCH3 is 1. The predicted molar refractivity (Wildman–Crippen MR) is 110 cm³/mol. The van der Waals surface area contributed by atoms with Crippen LogP contribution in [0.2, 0.25) is 0 Å². The summed E-state index contributed by atoms with van der Waals surface area (Å²) < 4.78 is 11.4. The van der Waals surface area contributed by atoms with E-state index in [1.54, 1.807) is 13.2 Å². The van der Waals surface area contributed by atoms with Gasteiger partial charge in [0, 0.05) is 17.7 Å². The molecule has 146 valence electrons. The number of hydrogen-bond acceptors (Lipinski definition) is 5. The molecular formula is C22H19N3O4. The normalized spacial score (nSPS) is 10.8. The van der Waals surface area contributed by atoms with Gasteiger partial charge in [-0.25, -0.2) is 4.98 Å². The molecule has 7 heteroatoms. The quantitative estimate of drug-likeness (QED) is 0.369. The van der Waals surface area contributed by atoms with Crippen molar-refractivity contribution in [3.8, 4) is 22.9 Å². The summed E-state index contributed by atoms with van der Waals surface area (Å²) in [6.45, 7) is 2.45. The molecular weight excluding hydrogens is 370 g/mol. The van der Waals surface area contributed by atoms with E-state index in [0.29, 0.717) is 35.0 Å². The number of ether oxygens (including phenoxy) is 2. The van der Waals surface area contributed by atoms with Gasteiger partial charge in [-0.15, -0.1) is 0 Å². The number of nitro benzene ring substituents is 1. The molecule has 1 heterocycles. The van der Waals surface area contributed by atoms with E-state index in [2.05, 4.69) is 9.97 Å². The topological polar surface area (TPSA) is 90.3 Å². The molecule has 7 nitrogen and oxygen atoms in total. The molecule has 0 bridgehead atoms. The highest BCUT2D eigenvalue weighted by molar-refractivity contribution is 5.81. The summed E-state index contributed by atoms with van der Waals surface area (Å²) in [7, 11) is 1.59. The van der Waals surface area contributed by atoms with Crippen molar-refractivity contribution in [2.45, 2.75) is 13.5 Å². The number of hydrogen-bond donors (Lipinski definition) is 1. The number of nitrogens with zero attached hydrogens (tertiary/aromatic N) is 2. The van der Waals surface area contributed by atoms with E-state index in [1.165, 1.54) is 17.7 Å². The van der Waals surface area contributed by atoms with Crippen molar-refractivity contribution in [3.63, 3.8) is 0 Å². The molecule has 0 aliphatic heterocycles. The molecule has 4 aromatic rings. The number of aromatic nitrogens is 2. The van der Waals surface area contributed by atoms with Gasteiger partial charge in [0.1, 0.15) is 12.4 Å². The average molecular weight is 389 g/mol. The van der Waals surface area contributed by atoms with E-state index < -0.39 is 4.92 Å². The summed E-state index contributed by atoms with van der Waals surface area (Å²) in [6, 6.07) is 18.2. The first kappa shape index (κ1) is 18.5. The maximum absolute atomic E-state index is 11.0. The lowest BCUT2D eigenvalue weighted by atomic mass is 10.1. The predicted octanol–water partition coefficient (Wildman–Crippen LogP) is 5.03. The fourth-order valence-electron chi connectivity index (χ4n) is 3.03. The smallest absolute Gasteiger partial charge is 0.271 e. The largest absolute Gasteiger partial charge is 0.493 e. The highest BCUT2D eigenvalue weighted by atomic mass is 16.6. The Labute approximate surface area is 167 Å². The van der Waals surface area contributed by atoms with Crippen molar-refractivity contribution in [1.29, 1.82) is 0 Å². The maximum atomic E-state index is 11.0. The number of fused-ring (bicyclic) bond motifs is 1. The van der Waals surface area contributed by atoms with Crippen molar-refractivity contribution < 1.29 is 14.4 Å². The third kappa shape index (κ3) is 3.89. The second kappa shape index (κ2) is 7.63. The lowest BCUT2D eigenvalue weighted by Gasteiger charge is -2.12. The third-order valence-electron chi connectivity index (χ3n) is 4.63. The van der Waals surface area contributed by atoms with Crippen molar-refractivity contribution in [2.75, 3.05) is 7.11 Å². The fraction of sp³-hybridized carbons (Fsp3) is 0.136. The molecule has 3 aromatic carbocycles. The zero-order valence-corrected chi connectivity index (χ0v) is 16.0. The first-order valence-electron chi connectivity index (χ1n) is 9.04. The van der Waals surface area contributed by atoms with E-state index in [4.69, 9.17) is 9.47 Å². The summed E-state index contributed by atoms with van der Waals surface area (Å²) in [5, 5.41) is 11.0. The van der Waals surface area contributed by atoms with Gasteiger partial charge in [0.05, 0.1) is 23.1 Å². The number of nitro groups is 1. The first-order chi connectivity index (χ1) is 14.0. The second-order valence-electron chi connectivity index (χ2n) is 6.68. The van der Waals surface area contributed by atoms with Crippen LogP contribution in [0, 0.1) is 17.0 Å². The summed E-state index contributed by atoms with van der Waals surface area (Å²) >= 11 is 0. The third-order valence-corrected chi connectivity index (χ3v) is 4.63. The Hall–Kier alpha value is -3.87. The number of H-pyrrole nitrogens is 1. The van der Waals surface area contributed by atoms with Gasteiger partial charge in [-0.1, -0.05) is 29.8 Å². The zero-order chi connectivity index (χ0) is 20.4. The number of non-ortho nitro benzene ring substituents is 1. The summed E-state index contributed by atoms with van der Waals surface area (Å²) in [4.78, 5) is 18.2. The minimum absolute atomic E-state index is 0.0181. The molecule has 0 saturated carbocycles. The van der Waals surface area contributed by atoms with Gasteiger partial charge in [0.2, 0.25) is 0 Å². The Balaban J connectivity index is 1.64. The van der Waals surface area contributed by atoms with Gasteiger partial charge >= 0.3 is 0 Å². The minimum Gasteiger partial charge on any atom is -0.493 e. The standard InChI is InChI=1S/C22H19N3O4/c1-14-3-5-15(6-4-14)13-29-21-11-16(7-10-20(21)28-2)22-23-18-9-8-17(25(26)27)12-19(18)24-22/h3-12H,13H2,1-2H3,(H,23,24). The number of aryl methyl sites for hydroxylation is 1. The van der Waals surface area contributed by atoms with Gasteiger partial charge < -0.3 is 14.5 Å². The number of benzene rings is 3. The Kier molecular flexibility index (Phi) is 4.87. The Morgan fingerprint density at radius 3 is 2.55 bits per heavy atom. The highest BCUT2D eigenvalue weighted by Crippen LogP contribution is 2.33. The number of nitrogens with one attached hydrogen (secondary N) is 1. The molecule has 0 atom stereocenters. The molecule has 0 spiro atoms. The van der Waals surface area contributed by atoms with Gasteiger partial charge in [-0.05, 0) is 36.8 Å². The monoisotopic (exact) mass is 389 g/mol. The van der Waals surface area contributed by atoms with E-state index in [-0.39, 0.29) is 5.69 Å². The van der Waals surface area contributed by atoms with Crippen LogP contribution < -0.4 is 9.47 Å². The van der Waals surface area contributed by atoms with Crippen molar-refractivity contribution in [1.82, 2.24) is 9.97 Å². The molecule has 4 rings (SSSR count). The molecule has 0 fully saturated rings. The fourth-order valence-corrected chi connectivity index (χ4v) is 3.03. The van der Waals surface area contributed by atoms with Gasteiger partial charge in [-0.3, -0.25) is 10.1 Å². The zero-order valence-electron chi connectivity index (χ0n) is 16.0. The van der Waals surface area contributed by atoms with E-state index in [1.807, 2.05) is 49.4 Å². The SMILES string of the molecule is COc1ccc(-c2nc3ccc([N+](=O)[O-])cc3[nH]2)cc1OCc1ccc(C)cc1. The molecule has 29 heavy (non-hydrogen) atoms. The molecule has 0 amide bonds. The molecule has 0 aliphatic rings. The Morgan fingerprint density at radius 2 is 1.83 bits per heavy atom. The van der Waals surface area contributed by atoms with Crippen LogP contribution in [-0.2, 0) is 6.61 Å². The van der Waals surface area contributed by atoms with Crippen molar-refractivity contribution in [2.24, 2.45) is 0 Å². The molecule has 0 saturated heterocycles. The number of imidazole rings is 1. The number of rotatable bonds is 6. The van der Waals surface area contributed by atoms with Crippen LogP contribution in [0.15, 0.2) is 60.7 Å². The molecule has 0 radical (unpaired) electrons. The summed E-state index contributed by atoms with van der Waals surface area (Å²) in [5.74, 6) is 1.81. The lowest BCUT2D eigenvalue weighted by molar-refractivity contribution is -0.384. The van der Waals surface area contributed by atoms with Crippen LogP contribution in [0.1, 0.15) is 11.1 Å². The molecule has 0 aliphatic carbocycles. The molecule has 1 N–H and O–H groups in total. The van der Waals surface area contributed by atoms with Gasteiger partial charge in [0.25, 0.3) is 5.69 Å². The van der Waals surface area contributed by atoms with Gasteiger partial charge in [-0.2, -0.15) is 0 Å². The van der Waals surface area contributed by atoms with Crippen LogP contribution in [0.5, 0.6) is 11.5 Å². The first-order valence-corrected chi connectivity index (χ1v) is 9.04.